The Balaban J connectivity index is 2.08. The van der Waals surface area contributed by atoms with Gasteiger partial charge in [-0.2, -0.15) is 0 Å². The molecule has 0 bridgehead atoms. The highest BCUT2D eigenvalue weighted by Gasteiger charge is 2.24. The summed E-state index contributed by atoms with van der Waals surface area (Å²) in [5.74, 6) is 0. The smallest absolute Gasteiger partial charge is 0.0711 e. The van der Waals surface area contributed by atoms with Gasteiger partial charge in [-0.05, 0) is 27.3 Å². The summed E-state index contributed by atoms with van der Waals surface area (Å²) in [6.07, 6.45) is 1.84. The Kier molecular flexibility index (Phi) is 6.28. The molecule has 0 spiro atoms. The topological polar surface area (TPSA) is 33.7 Å². The van der Waals surface area contributed by atoms with Crippen molar-refractivity contribution in [2.75, 3.05) is 40.4 Å². The van der Waals surface area contributed by atoms with E-state index in [0.717, 1.165) is 32.7 Å². The van der Waals surface area contributed by atoms with Gasteiger partial charge in [-0.1, -0.05) is 0 Å². The Morgan fingerprint density at radius 3 is 2.75 bits per heavy atom. The maximum atomic E-state index is 5.53. The average Bonchev–Trinajstić information content (AvgIpc) is 2.65. The van der Waals surface area contributed by atoms with Crippen molar-refractivity contribution >= 4 is 0 Å². The fourth-order valence-corrected chi connectivity index (χ4v) is 2.01. The summed E-state index contributed by atoms with van der Waals surface area (Å²) < 4.78 is 10.9. The Labute approximate surface area is 99.3 Å². The molecule has 0 saturated carbocycles. The molecule has 4 heteroatoms. The first-order valence-corrected chi connectivity index (χ1v) is 6.18. The van der Waals surface area contributed by atoms with E-state index < -0.39 is 0 Å². The van der Waals surface area contributed by atoms with Crippen molar-refractivity contribution in [1.82, 2.24) is 10.2 Å². The zero-order valence-electron chi connectivity index (χ0n) is 11.0. The van der Waals surface area contributed by atoms with Crippen LogP contribution in [0, 0.1) is 0 Å². The van der Waals surface area contributed by atoms with Crippen LogP contribution in [0.4, 0.5) is 0 Å². The van der Waals surface area contributed by atoms with E-state index in [-0.39, 0.29) is 0 Å². The third-order valence-corrected chi connectivity index (χ3v) is 2.97. The van der Waals surface area contributed by atoms with Crippen LogP contribution >= 0.6 is 0 Å². The quantitative estimate of drug-likeness (QED) is 0.699. The third kappa shape index (κ3) is 5.25. The number of nitrogens with one attached hydrogen (secondary N) is 1. The van der Waals surface area contributed by atoms with Crippen LogP contribution in [0.1, 0.15) is 20.3 Å². The summed E-state index contributed by atoms with van der Waals surface area (Å²) in [7, 11) is 3.93. The van der Waals surface area contributed by atoms with E-state index in [4.69, 9.17) is 9.47 Å². The van der Waals surface area contributed by atoms with Gasteiger partial charge in [0.05, 0.1) is 18.8 Å². The van der Waals surface area contributed by atoms with Crippen LogP contribution in [0.5, 0.6) is 0 Å². The van der Waals surface area contributed by atoms with Crippen LogP contribution in [0.15, 0.2) is 0 Å². The van der Waals surface area contributed by atoms with Crippen molar-refractivity contribution in [3.8, 4) is 0 Å². The lowest BCUT2D eigenvalue weighted by Crippen LogP contribution is -2.37. The lowest BCUT2D eigenvalue weighted by Gasteiger charge is -2.21. The number of rotatable bonds is 7. The first-order chi connectivity index (χ1) is 7.61. The molecule has 1 aliphatic heterocycles. The third-order valence-electron chi connectivity index (χ3n) is 2.97. The summed E-state index contributed by atoms with van der Waals surface area (Å²) in [6.45, 7) is 8.00. The minimum Gasteiger partial charge on any atom is -0.380 e. The van der Waals surface area contributed by atoms with E-state index in [1.165, 1.54) is 0 Å². The molecule has 1 aliphatic rings. The van der Waals surface area contributed by atoms with E-state index in [1.807, 2.05) is 0 Å². The molecule has 2 atom stereocenters. The first-order valence-electron chi connectivity index (χ1n) is 6.18. The molecule has 0 amide bonds. The fraction of sp³-hybridized carbons (Fsp3) is 1.00. The van der Waals surface area contributed by atoms with Crippen molar-refractivity contribution < 1.29 is 9.47 Å². The van der Waals surface area contributed by atoms with E-state index in [0.29, 0.717) is 18.2 Å². The van der Waals surface area contributed by atoms with Crippen LogP contribution in [0.3, 0.4) is 0 Å². The zero-order valence-corrected chi connectivity index (χ0v) is 11.0. The van der Waals surface area contributed by atoms with Gasteiger partial charge < -0.3 is 19.7 Å². The Bertz CT molecular complexity index is 188. The van der Waals surface area contributed by atoms with Crippen LogP contribution in [0.2, 0.25) is 0 Å². The number of nitrogens with zero attached hydrogens (tertiary/aromatic N) is 1. The molecule has 0 aromatic carbocycles. The number of ether oxygens (including phenoxy) is 2. The standard InChI is InChI=1S/C12H26N2O2/c1-10(2)16-6-5-14(3)9-11-7-12(15-4)8-13-11/h10-13H,5-9H2,1-4H3. The van der Waals surface area contributed by atoms with Crippen molar-refractivity contribution in [3.63, 3.8) is 0 Å². The maximum absolute atomic E-state index is 5.53. The summed E-state index contributed by atoms with van der Waals surface area (Å²) in [5.41, 5.74) is 0. The van der Waals surface area contributed by atoms with Crippen LogP contribution in [-0.4, -0.2) is 63.5 Å². The normalized spacial score (nSPS) is 25.9. The Morgan fingerprint density at radius 2 is 2.19 bits per heavy atom. The summed E-state index contributed by atoms with van der Waals surface area (Å²) in [5, 5.41) is 3.48. The number of likely N-dealkylation sites (N-methyl/N-ethyl adjacent to an activating group) is 1. The van der Waals surface area contributed by atoms with E-state index in [2.05, 4.69) is 31.1 Å². The van der Waals surface area contributed by atoms with Gasteiger partial charge in [-0.3, -0.25) is 0 Å². The highest BCUT2D eigenvalue weighted by Crippen LogP contribution is 2.10. The largest absolute Gasteiger partial charge is 0.380 e. The summed E-state index contributed by atoms with van der Waals surface area (Å²) in [4.78, 5) is 2.32. The fourth-order valence-electron chi connectivity index (χ4n) is 2.01. The van der Waals surface area contributed by atoms with Gasteiger partial charge in [0.2, 0.25) is 0 Å². The number of hydrogen-bond acceptors (Lipinski definition) is 4. The Hall–Kier alpha value is -0.160. The second kappa shape index (κ2) is 7.22. The van der Waals surface area contributed by atoms with Crippen molar-refractivity contribution in [1.29, 1.82) is 0 Å². The van der Waals surface area contributed by atoms with Crippen LogP contribution in [-0.2, 0) is 9.47 Å². The average molecular weight is 230 g/mol. The van der Waals surface area contributed by atoms with Crippen molar-refractivity contribution in [3.05, 3.63) is 0 Å². The lowest BCUT2D eigenvalue weighted by molar-refractivity contribution is 0.0621. The van der Waals surface area contributed by atoms with E-state index >= 15 is 0 Å². The van der Waals surface area contributed by atoms with Gasteiger partial charge >= 0.3 is 0 Å². The van der Waals surface area contributed by atoms with Gasteiger partial charge in [-0.25, -0.2) is 0 Å². The molecule has 16 heavy (non-hydrogen) atoms. The molecule has 0 aliphatic carbocycles. The van der Waals surface area contributed by atoms with Gasteiger partial charge in [0.15, 0.2) is 0 Å². The van der Waals surface area contributed by atoms with Crippen molar-refractivity contribution in [2.24, 2.45) is 0 Å². The van der Waals surface area contributed by atoms with Gasteiger partial charge in [-0.15, -0.1) is 0 Å². The molecule has 1 fully saturated rings. The molecular formula is C12H26N2O2. The van der Waals surface area contributed by atoms with E-state index in [1.54, 1.807) is 7.11 Å². The maximum Gasteiger partial charge on any atom is 0.0711 e. The molecule has 0 aromatic rings. The second-order valence-corrected chi connectivity index (χ2v) is 4.88. The lowest BCUT2D eigenvalue weighted by atomic mass is 10.2. The zero-order chi connectivity index (χ0) is 12.0. The number of hydrogen-bond donors (Lipinski definition) is 1. The highest BCUT2D eigenvalue weighted by molar-refractivity contribution is 4.83. The molecule has 2 unspecified atom stereocenters. The van der Waals surface area contributed by atoms with Crippen LogP contribution in [0.25, 0.3) is 0 Å². The SMILES string of the molecule is COC1CNC(CN(C)CCOC(C)C)C1. The van der Waals surface area contributed by atoms with Crippen molar-refractivity contribution in [2.45, 2.75) is 38.5 Å². The van der Waals surface area contributed by atoms with E-state index in [9.17, 15) is 0 Å². The van der Waals surface area contributed by atoms with Gasteiger partial charge in [0, 0.05) is 32.8 Å². The Morgan fingerprint density at radius 1 is 1.44 bits per heavy atom. The second-order valence-electron chi connectivity index (χ2n) is 4.88. The summed E-state index contributed by atoms with van der Waals surface area (Å²) in [6, 6.07) is 0.564. The molecule has 1 heterocycles. The molecule has 0 aromatic heterocycles. The summed E-state index contributed by atoms with van der Waals surface area (Å²) >= 11 is 0. The molecule has 1 rings (SSSR count). The highest BCUT2D eigenvalue weighted by atomic mass is 16.5. The number of methoxy groups -OCH3 is 1. The van der Waals surface area contributed by atoms with Crippen LogP contribution < -0.4 is 5.32 Å². The molecule has 1 saturated heterocycles. The molecular weight excluding hydrogens is 204 g/mol. The first kappa shape index (κ1) is 13.9. The predicted molar refractivity (Wildman–Crippen MR) is 65.8 cm³/mol. The molecule has 1 N–H and O–H groups in total. The minimum absolute atomic E-state index is 0.330. The van der Waals surface area contributed by atoms with Gasteiger partial charge in [0.25, 0.3) is 0 Å². The monoisotopic (exact) mass is 230 g/mol. The molecule has 0 radical (unpaired) electrons. The molecule has 96 valence electrons. The molecule has 4 nitrogen and oxygen atoms in total. The minimum atomic E-state index is 0.330. The van der Waals surface area contributed by atoms with Gasteiger partial charge in [0.1, 0.15) is 0 Å². The predicted octanol–water partition coefficient (Wildman–Crippen LogP) is 0.720.